The molecule has 0 spiro atoms. The SMILES string of the molecule is CN(C)c1ccc2c(c1)OC(N)=C(C#N)[C@@H]2c1ccc(-c2ccccc2)cc1. The fourth-order valence-corrected chi connectivity index (χ4v) is 3.56. The van der Waals surface area contributed by atoms with Gasteiger partial charge in [0.2, 0.25) is 5.88 Å². The Morgan fingerprint density at radius 1 is 0.929 bits per heavy atom. The van der Waals surface area contributed by atoms with Crippen molar-refractivity contribution in [2.24, 2.45) is 5.73 Å². The van der Waals surface area contributed by atoms with Crippen molar-refractivity contribution in [3.63, 3.8) is 0 Å². The number of nitriles is 1. The number of nitrogens with two attached hydrogens (primary N) is 1. The van der Waals surface area contributed by atoms with Crippen LogP contribution < -0.4 is 15.4 Å². The average Bonchev–Trinajstić information content (AvgIpc) is 2.73. The topological polar surface area (TPSA) is 62.3 Å². The highest BCUT2D eigenvalue weighted by molar-refractivity contribution is 5.66. The number of ether oxygens (including phenoxy) is 1. The lowest BCUT2D eigenvalue weighted by Gasteiger charge is -2.27. The zero-order valence-corrected chi connectivity index (χ0v) is 15.9. The predicted molar refractivity (Wildman–Crippen MR) is 112 cm³/mol. The Labute approximate surface area is 165 Å². The summed E-state index contributed by atoms with van der Waals surface area (Å²) < 4.78 is 5.78. The highest BCUT2D eigenvalue weighted by Crippen LogP contribution is 2.43. The summed E-state index contributed by atoms with van der Waals surface area (Å²) in [4.78, 5) is 2.01. The van der Waals surface area contributed by atoms with Crippen molar-refractivity contribution < 1.29 is 4.74 Å². The Balaban J connectivity index is 1.79. The first-order valence-electron chi connectivity index (χ1n) is 9.12. The van der Waals surface area contributed by atoms with Gasteiger partial charge in [-0.3, -0.25) is 0 Å². The lowest BCUT2D eigenvalue weighted by Crippen LogP contribution is -2.21. The van der Waals surface area contributed by atoms with Crippen LogP contribution in [0.5, 0.6) is 5.75 Å². The Morgan fingerprint density at radius 2 is 1.61 bits per heavy atom. The third kappa shape index (κ3) is 3.08. The Kier molecular flexibility index (Phi) is 4.50. The molecular weight excluding hydrogens is 346 g/mol. The molecule has 0 aromatic heterocycles. The molecule has 4 rings (SSSR count). The molecule has 0 aliphatic carbocycles. The number of anilines is 1. The van der Waals surface area contributed by atoms with Gasteiger partial charge in [0.05, 0.1) is 5.92 Å². The van der Waals surface area contributed by atoms with Crippen LogP contribution in [0, 0.1) is 11.3 Å². The van der Waals surface area contributed by atoms with E-state index in [2.05, 4.69) is 42.5 Å². The van der Waals surface area contributed by atoms with Crippen LogP contribution >= 0.6 is 0 Å². The summed E-state index contributed by atoms with van der Waals surface area (Å²) in [6.45, 7) is 0. The number of nitrogens with zero attached hydrogens (tertiary/aromatic N) is 2. The average molecular weight is 367 g/mol. The summed E-state index contributed by atoms with van der Waals surface area (Å²) in [7, 11) is 3.95. The van der Waals surface area contributed by atoms with Crippen molar-refractivity contribution in [2.75, 3.05) is 19.0 Å². The Hall–Kier alpha value is -3.71. The minimum Gasteiger partial charge on any atom is -0.440 e. The zero-order chi connectivity index (χ0) is 19.7. The van der Waals surface area contributed by atoms with Gasteiger partial charge in [0.15, 0.2) is 0 Å². The summed E-state index contributed by atoms with van der Waals surface area (Å²) in [6, 6.07) is 26.8. The molecule has 4 nitrogen and oxygen atoms in total. The van der Waals surface area contributed by atoms with E-state index in [9.17, 15) is 5.26 Å². The fourth-order valence-electron chi connectivity index (χ4n) is 3.56. The van der Waals surface area contributed by atoms with Crippen molar-refractivity contribution in [3.8, 4) is 22.9 Å². The monoisotopic (exact) mass is 367 g/mol. The van der Waals surface area contributed by atoms with Crippen LogP contribution in [-0.4, -0.2) is 14.1 Å². The molecule has 0 amide bonds. The summed E-state index contributed by atoms with van der Waals surface area (Å²) in [5.41, 5.74) is 11.8. The molecule has 1 aliphatic rings. The van der Waals surface area contributed by atoms with Crippen molar-refractivity contribution in [1.82, 2.24) is 0 Å². The second-order valence-corrected chi connectivity index (χ2v) is 7.03. The van der Waals surface area contributed by atoms with Gasteiger partial charge in [-0.2, -0.15) is 5.26 Å². The molecule has 0 saturated heterocycles. The summed E-state index contributed by atoms with van der Waals surface area (Å²) in [6.07, 6.45) is 0. The molecule has 1 aliphatic heterocycles. The Bertz CT molecular complexity index is 1080. The maximum absolute atomic E-state index is 9.72. The van der Waals surface area contributed by atoms with E-state index in [4.69, 9.17) is 10.5 Å². The van der Waals surface area contributed by atoms with E-state index in [0.29, 0.717) is 11.3 Å². The van der Waals surface area contributed by atoms with E-state index >= 15 is 0 Å². The largest absolute Gasteiger partial charge is 0.440 e. The third-order valence-corrected chi connectivity index (χ3v) is 5.07. The molecule has 4 heteroatoms. The van der Waals surface area contributed by atoms with Crippen LogP contribution in [-0.2, 0) is 0 Å². The first-order chi connectivity index (χ1) is 13.6. The van der Waals surface area contributed by atoms with E-state index in [1.165, 1.54) is 0 Å². The van der Waals surface area contributed by atoms with E-state index in [1.807, 2.05) is 55.4 Å². The number of allylic oxidation sites excluding steroid dienone is 1. The maximum Gasteiger partial charge on any atom is 0.205 e. The molecule has 0 radical (unpaired) electrons. The number of hydrogen-bond acceptors (Lipinski definition) is 4. The van der Waals surface area contributed by atoms with Crippen LogP contribution in [0.3, 0.4) is 0 Å². The van der Waals surface area contributed by atoms with Gasteiger partial charge in [-0.15, -0.1) is 0 Å². The first-order valence-corrected chi connectivity index (χ1v) is 9.12. The lowest BCUT2D eigenvalue weighted by molar-refractivity contribution is 0.394. The van der Waals surface area contributed by atoms with E-state index < -0.39 is 0 Å². The zero-order valence-electron chi connectivity index (χ0n) is 15.9. The van der Waals surface area contributed by atoms with E-state index in [1.54, 1.807) is 0 Å². The molecular formula is C24H21N3O. The number of benzene rings is 3. The molecule has 1 heterocycles. The van der Waals surface area contributed by atoms with E-state index in [0.717, 1.165) is 27.9 Å². The molecule has 0 fully saturated rings. The highest BCUT2D eigenvalue weighted by Gasteiger charge is 2.30. The predicted octanol–water partition coefficient (Wildman–Crippen LogP) is 4.64. The molecule has 2 N–H and O–H groups in total. The smallest absolute Gasteiger partial charge is 0.205 e. The molecule has 138 valence electrons. The van der Waals surface area contributed by atoms with Gasteiger partial charge in [0, 0.05) is 31.4 Å². The van der Waals surface area contributed by atoms with Crippen LogP contribution in [0.4, 0.5) is 5.69 Å². The second kappa shape index (κ2) is 7.13. The molecule has 0 saturated carbocycles. The lowest BCUT2D eigenvalue weighted by atomic mass is 9.83. The van der Waals surface area contributed by atoms with Gasteiger partial charge in [-0.1, -0.05) is 60.7 Å². The van der Waals surface area contributed by atoms with Gasteiger partial charge < -0.3 is 15.4 Å². The van der Waals surface area contributed by atoms with Crippen LogP contribution in [0.2, 0.25) is 0 Å². The first kappa shape index (κ1) is 17.7. The van der Waals surface area contributed by atoms with Gasteiger partial charge >= 0.3 is 0 Å². The van der Waals surface area contributed by atoms with Crippen molar-refractivity contribution in [2.45, 2.75) is 5.92 Å². The van der Waals surface area contributed by atoms with Crippen LogP contribution in [0.15, 0.2) is 84.3 Å². The quantitative estimate of drug-likeness (QED) is 0.733. The summed E-state index contributed by atoms with van der Waals surface area (Å²) in [5.74, 6) is 0.623. The Morgan fingerprint density at radius 3 is 2.25 bits per heavy atom. The summed E-state index contributed by atoms with van der Waals surface area (Å²) >= 11 is 0. The number of rotatable bonds is 3. The van der Waals surface area contributed by atoms with Crippen molar-refractivity contribution in [1.29, 1.82) is 5.26 Å². The van der Waals surface area contributed by atoms with Gasteiger partial charge in [0.25, 0.3) is 0 Å². The molecule has 3 aromatic carbocycles. The van der Waals surface area contributed by atoms with Crippen LogP contribution in [0.25, 0.3) is 11.1 Å². The normalized spacial score (nSPS) is 15.4. The molecule has 3 aromatic rings. The number of fused-ring (bicyclic) bond motifs is 1. The minimum atomic E-state index is -0.241. The highest BCUT2D eigenvalue weighted by atomic mass is 16.5. The summed E-state index contributed by atoms with van der Waals surface area (Å²) in [5, 5.41) is 9.72. The molecule has 0 unspecified atom stereocenters. The van der Waals surface area contributed by atoms with Crippen molar-refractivity contribution in [3.05, 3.63) is 95.4 Å². The van der Waals surface area contributed by atoms with E-state index in [-0.39, 0.29) is 11.8 Å². The van der Waals surface area contributed by atoms with Gasteiger partial charge in [-0.05, 0) is 22.8 Å². The third-order valence-electron chi connectivity index (χ3n) is 5.07. The molecule has 28 heavy (non-hydrogen) atoms. The second-order valence-electron chi connectivity index (χ2n) is 7.03. The maximum atomic E-state index is 9.72. The van der Waals surface area contributed by atoms with Gasteiger partial charge in [0.1, 0.15) is 17.4 Å². The minimum absolute atomic E-state index is 0.169. The fraction of sp³-hybridized carbons (Fsp3) is 0.125. The standard InChI is InChI=1S/C24H21N3O/c1-27(2)19-12-13-20-22(14-19)28-24(26)21(15-25)23(20)18-10-8-17(9-11-18)16-6-4-3-5-7-16/h3-14,23H,26H2,1-2H3/t23-/m1/s1. The molecule has 0 bridgehead atoms. The van der Waals surface area contributed by atoms with Crippen molar-refractivity contribution >= 4 is 5.69 Å². The molecule has 1 atom stereocenters. The van der Waals surface area contributed by atoms with Gasteiger partial charge in [-0.25, -0.2) is 0 Å². The van der Waals surface area contributed by atoms with Crippen LogP contribution in [0.1, 0.15) is 17.0 Å². The number of hydrogen-bond donors (Lipinski definition) is 1.